The van der Waals surface area contributed by atoms with Gasteiger partial charge in [-0.3, -0.25) is 4.79 Å². The lowest BCUT2D eigenvalue weighted by Gasteiger charge is -2.38. The molecule has 2 unspecified atom stereocenters. The molecule has 3 heterocycles. The summed E-state index contributed by atoms with van der Waals surface area (Å²) in [4.78, 5) is 33.5. The van der Waals surface area contributed by atoms with Gasteiger partial charge in [-0.1, -0.05) is 30.3 Å². The van der Waals surface area contributed by atoms with Gasteiger partial charge in [0.05, 0.1) is 0 Å². The normalized spacial score (nSPS) is 20.2. The van der Waals surface area contributed by atoms with Crippen molar-refractivity contribution in [1.82, 2.24) is 14.7 Å². The van der Waals surface area contributed by atoms with Crippen LogP contribution in [0, 0.1) is 5.82 Å². The molecule has 2 saturated heterocycles. The molecule has 0 aliphatic carbocycles. The number of amides is 2. The summed E-state index contributed by atoms with van der Waals surface area (Å²) in [6.07, 6.45) is 1.01. The predicted octanol–water partition coefficient (Wildman–Crippen LogP) is 4.00. The number of halogens is 1. The van der Waals surface area contributed by atoms with Gasteiger partial charge in [0, 0.05) is 37.5 Å². The first-order valence-corrected chi connectivity index (χ1v) is 15.0. The lowest BCUT2D eigenvalue weighted by molar-refractivity contribution is -0.202. The second kappa shape index (κ2) is 12.4. The zero-order valence-corrected chi connectivity index (χ0v) is 23.0. The Hall–Kier alpha value is -3.36. The zero-order chi connectivity index (χ0) is 28.1. The molecule has 1 aromatic heterocycles. The summed E-state index contributed by atoms with van der Waals surface area (Å²) in [5.74, 6) is -0.801. The molecule has 2 amide bonds. The van der Waals surface area contributed by atoms with Gasteiger partial charge in [0.25, 0.3) is 15.9 Å². The summed E-state index contributed by atoms with van der Waals surface area (Å²) in [6.45, 7) is 0.117. The van der Waals surface area contributed by atoms with Crippen LogP contribution in [0.25, 0.3) is 10.4 Å². The maximum atomic E-state index is 13.8. The van der Waals surface area contributed by atoms with E-state index < -0.39 is 40.2 Å². The predicted molar refractivity (Wildman–Crippen MR) is 144 cm³/mol. The van der Waals surface area contributed by atoms with Crippen LogP contribution in [0.5, 0.6) is 5.75 Å². The summed E-state index contributed by atoms with van der Waals surface area (Å²) in [6, 6.07) is 16.0. The van der Waals surface area contributed by atoms with Crippen LogP contribution in [0.15, 0.2) is 70.9 Å². The van der Waals surface area contributed by atoms with Crippen LogP contribution in [0.1, 0.15) is 19.3 Å². The Balaban J connectivity index is 1.36. The van der Waals surface area contributed by atoms with Crippen molar-refractivity contribution in [3.8, 4) is 16.2 Å². The van der Waals surface area contributed by atoms with Crippen molar-refractivity contribution in [3.05, 3.63) is 72.5 Å². The number of para-hydroxylation sites is 1. The number of hydroxylamine groups is 1. The molecule has 0 spiro atoms. The van der Waals surface area contributed by atoms with Crippen molar-refractivity contribution in [2.45, 2.75) is 35.8 Å². The van der Waals surface area contributed by atoms with Crippen LogP contribution < -0.4 is 10.2 Å². The Labute approximate surface area is 235 Å². The minimum Gasteiger partial charge on any atom is -0.410 e. The lowest BCUT2D eigenvalue weighted by Crippen LogP contribution is -2.61. The average Bonchev–Trinajstić information content (AvgIpc) is 3.48. The molecule has 5 rings (SSSR count). The van der Waals surface area contributed by atoms with E-state index >= 15 is 0 Å². The Morgan fingerprint density at radius 3 is 2.50 bits per heavy atom. The Kier molecular flexibility index (Phi) is 8.76. The van der Waals surface area contributed by atoms with Crippen molar-refractivity contribution in [2.75, 3.05) is 26.2 Å². The monoisotopic (exact) mass is 589 g/mol. The molecule has 1 N–H and O–H groups in total. The quantitative estimate of drug-likeness (QED) is 0.415. The average molecular weight is 590 g/mol. The van der Waals surface area contributed by atoms with Crippen molar-refractivity contribution < 1.29 is 36.7 Å². The highest BCUT2D eigenvalue weighted by Crippen LogP contribution is 2.34. The molecule has 2 atom stereocenters. The first-order valence-electron chi connectivity index (χ1n) is 12.8. The fourth-order valence-corrected chi connectivity index (χ4v) is 7.44. The highest BCUT2D eigenvalue weighted by atomic mass is 32.2. The minimum atomic E-state index is -4.15. The van der Waals surface area contributed by atoms with Crippen molar-refractivity contribution in [2.24, 2.45) is 0 Å². The number of ether oxygens (including phenoxy) is 2. The second-order valence-corrected chi connectivity index (χ2v) is 12.5. The van der Waals surface area contributed by atoms with Gasteiger partial charge in [-0.15, -0.1) is 11.3 Å². The van der Waals surface area contributed by atoms with Crippen LogP contribution in [0.4, 0.5) is 9.18 Å². The smallest absolute Gasteiger partial charge is 0.410 e. The van der Waals surface area contributed by atoms with Gasteiger partial charge in [0.1, 0.15) is 21.8 Å². The van der Waals surface area contributed by atoms with Gasteiger partial charge in [-0.25, -0.2) is 27.9 Å². The summed E-state index contributed by atoms with van der Waals surface area (Å²) in [5, 5.41) is 0. The third-order valence-electron chi connectivity index (χ3n) is 6.54. The summed E-state index contributed by atoms with van der Waals surface area (Å²) < 4.78 is 52.9. The third-order valence-corrected chi connectivity index (χ3v) is 10.1. The molecule has 13 heteroatoms. The SMILES string of the molecule is O=C(NOC1CCCCO1)C1CN(C(=O)Oc2ccccc2)CCN1S(=O)(=O)c1ccc(-c2ccc(F)cc2)s1. The molecule has 0 bridgehead atoms. The fourth-order valence-electron chi connectivity index (χ4n) is 4.43. The molecule has 2 aromatic carbocycles. The van der Waals surface area contributed by atoms with Gasteiger partial charge < -0.3 is 14.4 Å². The van der Waals surface area contributed by atoms with Crippen molar-refractivity contribution in [1.29, 1.82) is 0 Å². The van der Waals surface area contributed by atoms with E-state index in [1.807, 2.05) is 0 Å². The third kappa shape index (κ3) is 6.50. The van der Waals surface area contributed by atoms with E-state index in [1.54, 1.807) is 48.5 Å². The Bertz CT molecular complexity index is 1430. The zero-order valence-electron chi connectivity index (χ0n) is 21.4. The van der Waals surface area contributed by atoms with Crippen LogP contribution in [-0.4, -0.2) is 68.2 Å². The van der Waals surface area contributed by atoms with Gasteiger partial charge >= 0.3 is 6.09 Å². The maximum Gasteiger partial charge on any atom is 0.415 e. The number of carbonyl (C=O) groups is 2. The fraction of sp³-hybridized carbons (Fsp3) is 0.333. The summed E-state index contributed by atoms with van der Waals surface area (Å²) in [5.41, 5.74) is 3.00. The van der Waals surface area contributed by atoms with Crippen molar-refractivity contribution in [3.63, 3.8) is 0 Å². The minimum absolute atomic E-state index is 0.0114. The molecule has 2 aliphatic rings. The van der Waals surface area contributed by atoms with E-state index in [0.29, 0.717) is 29.2 Å². The van der Waals surface area contributed by atoms with Crippen molar-refractivity contribution >= 4 is 33.4 Å². The Morgan fingerprint density at radius 1 is 1.00 bits per heavy atom. The van der Waals surface area contributed by atoms with Crippen LogP contribution in [-0.2, 0) is 24.4 Å². The highest BCUT2D eigenvalue weighted by molar-refractivity contribution is 7.91. The van der Waals surface area contributed by atoms with Gasteiger partial charge in [0.15, 0.2) is 6.29 Å². The first-order chi connectivity index (χ1) is 19.3. The summed E-state index contributed by atoms with van der Waals surface area (Å²) in [7, 11) is -4.15. The number of piperazine rings is 1. The summed E-state index contributed by atoms with van der Waals surface area (Å²) >= 11 is 1.01. The molecular formula is C27H28FN3O7S2. The molecule has 10 nitrogen and oxygen atoms in total. The molecule has 2 fully saturated rings. The maximum absolute atomic E-state index is 13.8. The Morgan fingerprint density at radius 2 is 1.77 bits per heavy atom. The van der Waals surface area contributed by atoms with Gasteiger partial charge in [-0.05, 0) is 54.8 Å². The molecule has 40 heavy (non-hydrogen) atoms. The van der Waals surface area contributed by atoms with Crippen LogP contribution in [0.2, 0.25) is 0 Å². The standard InChI is InChI=1S/C27H28FN3O7S2/c28-20-11-9-19(10-12-20)23-13-14-25(39-23)40(34,35)31-16-15-30(27(33)37-21-6-2-1-3-7-21)18-22(31)26(32)29-38-24-8-4-5-17-36-24/h1-3,6-7,9-14,22,24H,4-5,8,15-18H2,(H,29,32). The highest BCUT2D eigenvalue weighted by Gasteiger charge is 2.43. The number of nitrogens with zero attached hydrogens (tertiary/aromatic N) is 2. The van der Waals surface area contributed by atoms with E-state index in [4.69, 9.17) is 14.3 Å². The molecule has 0 radical (unpaired) electrons. The topological polar surface area (TPSA) is 114 Å². The number of nitrogens with one attached hydrogen (secondary N) is 1. The number of hydrogen-bond acceptors (Lipinski definition) is 8. The van der Waals surface area contributed by atoms with E-state index in [-0.39, 0.29) is 23.8 Å². The van der Waals surface area contributed by atoms with E-state index in [0.717, 1.165) is 28.5 Å². The number of carbonyl (C=O) groups excluding carboxylic acids is 2. The molecular weight excluding hydrogens is 561 g/mol. The number of hydrogen-bond donors (Lipinski definition) is 1. The van der Waals surface area contributed by atoms with E-state index in [9.17, 15) is 22.4 Å². The lowest BCUT2D eigenvalue weighted by atomic mass is 10.2. The molecule has 2 aliphatic heterocycles. The number of benzene rings is 2. The van der Waals surface area contributed by atoms with Crippen LogP contribution in [0.3, 0.4) is 0 Å². The second-order valence-electron chi connectivity index (χ2n) is 9.26. The molecule has 212 valence electrons. The first kappa shape index (κ1) is 28.2. The van der Waals surface area contributed by atoms with Crippen LogP contribution >= 0.6 is 11.3 Å². The van der Waals surface area contributed by atoms with Gasteiger partial charge in [0.2, 0.25) is 0 Å². The number of sulfonamides is 1. The molecule has 3 aromatic rings. The van der Waals surface area contributed by atoms with Gasteiger partial charge in [-0.2, -0.15) is 4.31 Å². The number of thiophene rings is 1. The van der Waals surface area contributed by atoms with E-state index in [2.05, 4.69) is 5.48 Å². The number of rotatable bonds is 7. The largest absolute Gasteiger partial charge is 0.415 e. The van der Waals surface area contributed by atoms with E-state index in [1.165, 1.54) is 23.1 Å². The molecule has 0 saturated carbocycles.